The second-order valence-corrected chi connectivity index (χ2v) is 4.07. The van der Waals surface area contributed by atoms with Gasteiger partial charge in [-0.3, -0.25) is 0 Å². The van der Waals surface area contributed by atoms with E-state index in [4.69, 9.17) is 5.73 Å². The van der Waals surface area contributed by atoms with Crippen molar-refractivity contribution in [3.8, 4) is 0 Å². The molecule has 0 bridgehead atoms. The average molecular weight is 233 g/mol. The normalized spacial score (nSPS) is 10.8. The maximum atomic E-state index is 12.8. The maximum absolute atomic E-state index is 12.8. The summed E-state index contributed by atoms with van der Waals surface area (Å²) in [6.07, 6.45) is 2.60. The van der Waals surface area contributed by atoms with E-state index < -0.39 is 0 Å². The maximum Gasteiger partial charge on any atom is 0.123 e. The number of halogens is 1. The van der Waals surface area contributed by atoms with Gasteiger partial charge in [0, 0.05) is 24.9 Å². The van der Waals surface area contributed by atoms with Crippen molar-refractivity contribution in [1.29, 1.82) is 0 Å². The molecule has 2 aromatic rings. The van der Waals surface area contributed by atoms with Crippen LogP contribution in [0.1, 0.15) is 17.1 Å². The first-order valence-corrected chi connectivity index (χ1v) is 5.66. The molecular weight excluding hydrogens is 217 g/mol. The Hall–Kier alpha value is -1.68. The largest absolute Gasteiger partial charge is 0.330 e. The van der Waals surface area contributed by atoms with E-state index in [0.29, 0.717) is 13.1 Å². The van der Waals surface area contributed by atoms with Gasteiger partial charge in [-0.1, -0.05) is 12.1 Å². The van der Waals surface area contributed by atoms with Crippen molar-refractivity contribution in [2.75, 3.05) is 6.54 Å². The predicted molar refractivity (Wildman–Crippen MR) is 65.2 cm³/mol. The summed E-state index contributed by atoms with van der Waals surface area (Å²) in [5.74, 6) is 0.771. The van der Waals surface area contributed by atoms with Crippen LogP contribution in [0.15, 0.2) is 30.5 Å². The first-order valence-electron chi connectivity index (χ1n) is 5.66. The van der Waals surface area contributed by atoms with Crippen molar-refractivity contribution in [3.05, 3.63) is 53.4 Å². The fraction of sp³-hybridized carbons (Fsp3) is 0.308. The highest BCUT2D eigenvalue weighted by atomic mass is 19.1. The summed E-state index contributed by atoms with van der Waals surface area (Å²) in [5, 5.41) is 0. The van der Waals surface area contributed by atoms with Crippen molar-refractivity contribution in [1.82, 2.24) is 9.55 Å². The summed E-state index contributed by atoms with van der Waals surface area (Å²) in [6.45, 7) is 3.30. The molecule has 17 heavy (non-hydrogen) atoms. The molecule has 0 spiro atoms. The van der Waals surface area contributed by atoms with Crippen LogP contribution in [0, 0.1) is 12.7 Å². The van der Waals surface area contributed by atoms with Crippen LogP contribution in [0.25, 0.3) is 0 Å². The number of hydrogen-bond donors (Lipinski definition) is 1. The zero-order chi connectivity index (χ0) is 12.3. The van der Waals surface area contributed by atoms with Crippen LogP contribution in [-0.4, -0.2) is 16.1 Å². The molecule has 0 radical (unpaired) electrons. The third kappa shape index (κ3) is 2.71. The molecule has 0 aliphatic carbocycles. The van der Waals surface area contributed by atoms with Crippen molar-refractivity contribution < 1.29 is 4.39 Å². The smallest absolute Gasteiger partial charge is 0.123 e. The molecule has 90 valence electrons. The molecule has 0 saturated heterocycles. The molecule has 0 atom stereocenters. The number of imidazole rings is 1. The summed E-state index contributed by atoms with van der Waals surface area (Å²) < 4.78 is 14.9. The molecule has 4 heteroatoms. The number of nitrogens with two attached hydrogens (primary N) is 1. The Morgan fingerprint density at radius 3 is 2.65 bits per heavy atom. The van der Waals surface area contributed by atoms with E-state index in [1.165, 1.54) is 12.1 Å². The lowest BCUT2D eigenvalue weighted by Gasteiger charge is -2.09. The van der Waals surface area contributed by atoms with Crippen LogP contribution in [0.5, 0.6) is 0 Å². The highest BCUT2D eigenvalue weighted by Crippen LogP contribution is 2.10. The van der Waals surface area contributed by atoms with Crippen LogP contribution >= 0.6 is 0 Å². The Bertz CT molecular complexity index is 488. The second-order valence-electron chi connectivity index (χ2n) is 4.07. The van der Waals surface area contributed by atoms with E-state index in [1.54, 1.807) is 12.1 Å². The highest BCUT2D eigenvalue weighted by Gasteiger charge is 2.06. The Labute approximate surface area is 100 Å². The number of hydrogen-bond acceptors (Lipinski definition) is 2. The molecule has 1 aromatic heterocycles. The van der Waals surface area contributed by atoms with Gasteiger partial charge >= 0.3 is 0 Å². The van der Waals surface area contributed by atoms with Gasteiger partial charge in [0.2, 0.25) is 0 Å². The summed E-state index contributed by atoms with van der Waals surface area (Å²) in [4.78, 5) is 4.33. The van der Waals surface area contributed by atoms with E-state index in [-0.39, 0.29) is 5.82 Å². The summed E-state index contributed by atoms with van der Waals surface area (Å²) in [7, 11) is 0. The van der Waals surface area contributed by atoms with Gasteiger partial charge in [0.1, 0.15) is 11.6 Å². The standard InChI is InChI=1S/C13H16FN3/c1-10-8-16-13(6-7-15)17(10)9-11-2-4-12(14)5-3-11/h2-5,8H,6-7,9,15H2,1H3. The monoisotopic (exact) mass is 233 g/mol. The van der Waals surface area contributed by atoms with Gasteiger partial charge in [0.05, 0.1) is 0 Å². The molecule has 3 nitrogen and oxygen atoms in total. The minimum absolute atomic E-state index is 0.210. The van der Waals surface area contributed by atoms with Gasteiger partial charge in [0.15, 0.2) is 0 Å². The molecule has 0 saturated carbocycles. The number of aryl methyl sites for hydroxylation is 1. The van der Waals surface area contributed by atoms with Crippen LogP contribution in [0.3, 0.4) is 0 Å². The first-order chi connectivity index (χ1) is 8.20. The first kappa shape index (κ1) is 11.8. The van der Waals surface area contributed by atoms with Gasteiger partial charge in [-0.05, 0) is 31.2 Å². The quantitative estimate of drug-likeness (QED) is 0.876. The third-order valence-electron chi connectivity index (χ3n) is 2.76. The fourth-order valence-electron chi connectivity index (χ4n) is 1.83. The lowest BCUT2D eigenvalue weighted by Crippen LogP contribution is -2.11. The van der Waals surface area contributed by atoms with Gasteiger partial charge in [-0.15, -0.1) is 0 Å². The van der Waals surface area contributed by atoms with Gasteiger partial charge in [0.25, 0.3) is 0 Å². The second kappa shape index (κ2) is 5.10. The van der Waals surface area contributed by atoms with Crippen molar-refractivity contribution in [3.63, 3.8) is 0 Å². The summed E-state index contributed by atoms with van der Waals surface area (Å²) in [6, 6.07) is 6.54. The van der Waals surface area contributed by atoms with Crippen molar-refractivity contribution >= 4 is 0 Å². The van der Waals surface area contributed by atoms with Crippen LogP contribution in [0.4, 0.5) is 4.39 Å². The van der Waals surface area contributed by atoms with Crippen LogP contribution < -0.4 is 5.73 Å². The Morgan fingerprint density at radius 1 is 1.29 bits per heavy atom. The van der Waals surface area contributed by atoms with E-state index >= 15 is 0 Å². The molecular formula is C13H16FN3. The molecule has 0 aliphatic heterocycles. The Morgan fingerprint density at radius 2 is 2.00 bits per heavy atom. The minimum Gasteiger partial charge on any atom is -0.330 e. The summed E-state index contributed by atoms with van der Waals surface area (Å²) >= 11 is 0. The van der Waals surface area contributed by atoms with E-state index in [9.17, 15) is 4.39 Å². The lowest BCUT2D eigenvalue weighted by molar-refractivity contribution is 0.625. The van der Waals surface area contributed by atoms with Crippen molar-refractivity contribution in [2.45, 2.75) is 19.9 Å². The van der Waals surface area contributed by atoms with Crippen molar-refractivity contribution in [2.24, 2.45) is 5.73 Å². The molecule has 1 heterocycles. The number of nitrogens with zero attached hydrogens (tertiary/aromatic N) is 2. The lowest BCUT2D eigenvalue weighted by atomic mass is 10.2. The Balaban J connectivity index is 2.22. The molecule has 2 N–H and O–H groups in total. The van der Waals surface area contributed by atoms with Gasteiger partial charge in [-0.25, -0.2) is 9.37 Å². The fourth-order valence-corrected chi connectivity index (χ4v) is 1.83. The zero-order valence-electron chi connectivity index (χ0n) is 9.86. The molecule has 2 rings (SSSR count). The molecule has 0 fully saturated rings. The third-order valence-corrected chi connectivity index (χ3v) is 2.76. The van der Waals surface area contributed by atoms with Gasteiger partial charge in [-0.2, -0.15) is 0 Å². The molecule has 0 amide bonds. The van der Waals surface area contributed by atoms with Crippen LogP contribution in [0.2, 0.25) is 0 Å². The average Bonchev–Trinajstić information content (AvgIpc) is 2.65. The zero-order valence-corrected chi connectivity index (χ0v) is 9.86. The molecule has 0 aliphatic rings. The highest BCUT2D eigenvalue weighted by molar-refractivity contribution is 5.18. The van der Waals surface area contributed by atoms with Crippen LogP contribution in [-0.2, 0) is 13.0 Å². The topological polar surface area (TPSA) is 43.8 Å². The number of benzene rings is 1. The SMILES string of the molecule is Cc1cnc(CCN)n1Cc1ccc(F)cc1. The Kier molecular flexibility index (Phi) is 3.54. The van der Waals surface area contributed by atoms with E-state index in [2.05, 4.69) is 9.55 Å². The van der Waals surface area contributed by atoms with Gasteiger partial charge < -0.3 is 10.3 Å². The molecule has 0 unspecified atom stereocenters. The predicted octanol–water partition coefficient (Wildman–Crippen LogP) is 1.88. The minimum atomic E-state index is -0.210. The summed E-state index contributed by atoms with van der Waals surface area (Å²) in [5.41, 5.74) is 7.71. The molecule has 1 aromatic carbocycles. The number of aromatic nitrogens is 2. The van der Waals surface area contributed by atoms with E-state index in [1.807, 2.05) is 13.1 Å². The number of rotatable bonds is 4. The van der Waals surface area contributed by atoms with E-state index in [0.717, 1.165) is 23.5 Å².